The second kappa shape index (κ2) is 8.39. The van der Waals surface area contributed by atoms with Crippen LogP contribution in [-0.4, -0.2) is 33.6 Å². The van der Waals surface area contributed by atoms with Gasteiger partial charge in [-0.1, -0.05) is 22.0 Å². The molecule has 3 aromatic carbocycles. The molecule has 158 valence electrons. The lowest BCUT2D eigenvalue weighted by atomic mass is 10.1. The van der Waals surface area contributed by atoms with E-state index in [0.717, 1.165) is 15.9 Å². The summed E-state index contributed by atoms with van der Waals surface area (Å²) in [4.78, 5) is 14.4. The molecule has 0 aliphatic carbocycles. The van der Waals surface area contributed by atoms with Crippen molar-refractivity contribution >= 4 is 38.6 Å². The number of nitrogens with one attached hydrogen (secondary N) is 1. The number of nitrogens with zero attached hydrogens (tertiary/aromatic N) is 3. The minimum Gasteiger partial charge on any atom is -0.497 e. The van der Waals surface area contributed by atoms with Crippen LogP contribution >= 0.6 is 15.9 Å². The molecular formula is C23H21BrN4O3. The third-order valence-electron chi connectivity index (χ3n) is 4.66. The lowest BCUT2D eigenvalue weighted by Crippen LogP contribution is -2.42. The summed E-state index contributed by atoms with van der Waals surface area (Å²) < 4.78 is 12.1. The zero-order chi connectivity index (χ0) is 22.0. The van der Waals surface area contributed by atoms with Crippen molar-refractivity contribution in [2.75, 3.05) is 12.4 Å². The number of anilines is 1. The predicted molar refractivity (Wildman–Crippen MR) is 123 cm³/mol. The van der Waals surface area contributed by atoms with Gasteiger partial charge < -0.3 is 14.8 Å². The molecule has 0 saturated heterocycles. The van der Waals surface area contributed by atoms with Crippen LogP contribution in [0.3, 0.4) is 0 Å². The maximum Gasteiger partial charge on any atom is 0.267 e. The minimum atomic E-state index is -1.07. The van der Waals surface area contributed by atoms with Crippen LogP contribution < -0.4 is 14.8 Å². The molecular weight excluding hydrogens is 460 g/mol. The Hall–Kier alpha value is -3.39. The van der Waals surface area contributed by atoms with E-state index in [0.29, 0.717) is 22.5 Å². The van der Waals surface area contributed by atoms with Crippen LogP contribution in [0.2, 0.25) is 0 Å². The zero-order valence-corrected chi connectivity index (χ0v) is 18.9. The van der Waals surface area contributed by atoms with Gasteiger partial charge >= 0.3 is 0 Å². The van der Waals surface area contributed by atoms with Gasteiger partial charge in [0, 0.05) is 16.2 Å². The first kappa shape index (κ1) is 20.9. The molecule has 0 unspecified atom stereocenters. The number of benzene rings is 3. The lowest BCUT2D eigenvalue weighted by Gasteiger charge is -2.25. The predicted octanol–water partition coefficient (Wildman–Crippen LogP) is 4.99. The Bertz CT molecular complexity index is 1240. The molecule has 0 aliphatic rings. The van der Waals surface area contributed by atoms with E-state index in [1.54, 1.807) is 37.9 Å². The molecule has 7 nitrogen and oxygen atoms in total. The Morgan fingerprint density at radius 2 is 1.71 bits per heavy atom. The highest BCUT2D eigenvalue weighted by Gasteiger charge is 2.30. The van der Waals surface area contributed by atoms with Crippen molar-refractivity contribution < 1.29 is 14.3 Å². The normalized spacial score (nSPS) is 11.4. The molecule has 1 aromatic heterocycles. The number of aromatic nitrogens is 3. The summed E-state index contributed by atoms with van der Waals surface area (Å²) in [7, 11) is 1.61. The summed E-state index contributed by atoms with van der Waals surface area (Å²) >= 11 is 3.39. The first-order valence-corrected chi connectivity index (χ1v) is 10.4. The molecule has 0 radical (unpaired) electrons. The highest BCUT2D eigenvalue weighted by Crippen LogP contribution is 2.24. The number of rotatable bonds is 6. The van der Waals surface area contributed by atoms with Gasteiger partial charge in [0.05, 0.1) is 12.8 Å². The monoisotopic (exact) mass is 480 g/mol. The van der Waals surface area contributed by atoms with E-state index in [4.69, 9.17) is 9.47 Å². The van der Waals surface area contributed by atoms with E-state index in [9.17, 15) is 4.79 Å². The quantitative estimate of drug-likeness (QED) is 0.420. The third-order valence-corrected chi connectivity index (χ3v) is 5.18. The molecule has 0 spiro atoms. The molecule has 31 heavy (non-hydrogen) atoms. The molecule has 0 saturated carbocycles. The number of carbonyl (C=O) groups is 1. The number of fused-ring (bicyclic) bond motifs is 1. The summed E-state index contributed by atoms with van der Waals surface area (Å²) in [6.45, 7) is 3.45. The molecule has 1 heterocycles. The molecule has 0 fully saturated rings. The maximum atomic E-state index is 12.8. The fraction of sp³-hybridized carbons (Fsp3) is 0.174. The third kappa shape index (κ3) is 4.69. The largest absolute Gasteiger partial charge is 0.497 e. The van der Waals surface area contributed by atoms with Gasteiger partial charge in [-0.3, -0.25) is 4.79 Å². The van der Waals surface area contributed by atoms with E-state index in [2.05, 4.69) is 31.4 Å². The van der Waals surface area contributed by atoms with Crippen LogP contribution in [-0.2, 0) is 4.79 Å². The van der Waals surface area contributed by atoms with Crippen LogP contribution in [0, 0.1) is 0 Å². The molecule has 8 heteroatoms. The average molecular weight is 481 g/mol. The minimum absolute atomic E-state index is 0.269. The maximum absolute atomic E-state index is 12.8. The fourth-order valence-electron chi connectivity index (χ4n) is 2.97. The number of methoxy groups -OCH3 is 1. The van der Waals surface area contributed by atoms with Crippen LogP contribution in [0.5, 0.6) is 11.5 Å². The molecule has 4 rings (SSSR count). The Morgan fingerprint density at radius 1 is 0.968 bits per heavy atom. The van der Waals surface area contributed by atoms with Gasteiger partial charge in [-0.05, 0) is 68.4 Å². The van der Waals surface area contributed by atoms with Crippen LogP contribution in [0.4, 0.5) is 5.69 Å². The lowest BCUT2D eigenvalue weighted by molar-refractivity contribution is -0.128. The number of halogens is 1. The summed E-state index contributed by atoms with van der Waals surface area (Å²) in [6, 6.07) is 20.2. The number of amides is 1. The van der Waals surface area contributed by atoms with Crippen molar-refractivity contribution in [1.82, 2.24) is 15.0 Å². The Morgan fingerprint density at radius 3 is 2.45 bits per heavy atom. The van der Waals surface area contributed by atoms with Gasteiger partial charge in [0.1, 0.15) is 22.5 Å². The van der Waals surface area contributed by atoms with E-state index >= 15 is 0 Å². The molecule has 0 atom stereocenters. The highest BCUT2D eigenvalue weighted by atomic mass is 79.9. The van der Waals surface area contributed by atoms with Gasteiger partial charge in [-0.15, -0.1) is 10.2 Å². The van der Waals surface area contributed by atoms with Crippen molar-refractivity contribution in [3.63, 3.8) is 0 Å². The van der Waals surface area contributed by atoms with Crippen LogP contribution in [0.15, 0.2) is 71.2 Å². The van der Waals surface area contributed by atoms with Gasteiger partial charge in [0.25, 0.3) is 5.91 Å². The van der Waals surface area contributed by atoms with Crippen molar-refractivity contribution in [1.29, 1.82) is 0 Å². The highest BCUT2D eigenvalue weighted by molar-refractivity contribution is 9.10. The van der Waals surface area contributed by atoms with Crippen LogP contribution in [0.1, 0.15) is 13.8 Å². The van der Waals surface area contributed by atoms with Gasteiger partial charge in [-0.25, -0.2) is 0 Å². The van der Waals surface area contributed by atoms with Gasteiger partial charge in [-0.2, -0.15) is 4.80 Å². The summed E-state index contributed by atoms with van der Waals surface area (Å²) in [5, 5.41) is 11.9. The first-order valence-electron chi connectivity index (χ1n) is 9.62. The summed E-state index contributed by atoms with van der Waals surface area (Å²) in [5.41, 5.74) is 1.70. The number of hydrogen-bond donors (Lipinski definition) is 1. The second-order valence-electron chi connectivity index (χ2n) is 7.41. The van der Waals surface area contributed by atoms with E-state index in [1.807, 2.05) is 54.6 Å². The Kier molecular flexibility index (Phi) is 5.65. The molecule has 1 amide bonds. The smallest absolute Gasteiger partial charge is 0.267 e. The molecule has 0 bridgehead atoms. The van der Waals surface area contributed by atoms with Gasteiger partial charge in [0.2, 0.25) is 0 Å². The standard InChI is InChI=1S/C23H21BrN4O3/c1-23(2,31-18-10-7-15(24)8-11-18)22(29)25-16-9-12-20-21(13-16)27-28(26-20)17-5-4-6-19(14-17)30-3/h4-14H,1-3H3,(H,25,29). The topological polar surface area (TPSA) is 78.3 Å². The van der Waals surface area contributed by atoms with E-state index < -0.39 is 5.60 Å². The second-order valence-corrected chi connectivity index (χ2v) is 8.33. The molecule has 1 N–H and O–H groups in total. The number of carbonyl (C=O) groups excluding carboxylic acids is 1. The summed E-state index contributed by atoms with van der Waals surface area (Å²) in [5.74, 6) is 1.06. The average Bonchev–Trinajstić information content (AvgIpc) is 3.19. The number of ether oxygens (including phenoxy) is 2. The van der Waals surface area contributed by atoms with Crippen molar-refractivity contribution in [3.05, 3.63) is 71.2 Å². The van der Waals surface area contributed by atoms with Crippen molar-refractivity contribution in [2.45, 2.75) is 19.4 Å². The molecule has 0 aliphatic heterocycles. The van der Waals surface area contributed by atoms with E-state index in [-0.39, 0.29) is 5.91 Å². The SMILES string of the molecule is COc1cccc(-n2nc3ccc(NC(=O)C(C)(C)Oc4ccc(Br)cc4)cc3n2)c1. The first-order chi connectivity index (χ1) is 14.8. The van der Waals surface area contributed by atoms with Gasteiger partial charge in [0.15, 0.2) is 5.60 Å². The van der Waals surface area contributed by atoms with Crippen molar-refractivity contribution in [2.24, 2.45) is 0 Å². The summed E-state index contributed by atoms with van der Waals surface area (Å²) in [6.07, 6.45) is 0. The zero-order valence-electron chi connectivity index (χ0n) is 17.3. The van der Waals surface area contributed by atoms with E-state index in [1.165, 1.54) is 0 Å². The Labute approximate surface area is 188 Å². The fourth-order valence-corrected chi connectivity index (χ4v) is 3.23. The number of hydrogen-bond acceptors (Lipinski definition) is 5. The molecule has 4 aromatic rings. The Balaban J connectivity index is 1.52. The van der Waals surface area contributed by atoms with Crippen molar-refractivity contribution in [3.8, 4) is 17.2 Å². The van der Waals surface area contributed by atoms with Crippen LogP contribution in [0.25, 0.3) is 16.7 Å².